The van der Waals surface area contributed by atoms with Crippen molar-refractivity contribution in [3.05, 3.63) is 59.4 Å². The first-order valence-electron chi connectivity index (χ1n) is 5.73. The molecule has 3 heteroatoms. The minimum Gasteiger partial charge on any atom is -0.364 e. The average Bonchev–Trinajstić information content (AvgIpc) is 2.77. The number of hydrogen-bond donors (Lipinski definition) is 2. The van der Waals surface area contributed by atoms with Gasteiger partial charge in [0.15, 0.2) is 0 Å². The molecule has 0 radical (unpaired) electrons. The second-order valence-corrected chi connectivity index (χ2v) is 4.06. The van der Waals surface area contributed by atoms with Crippen molar-refractivity contribution in [1.82, 2.24) is 10.3 Å². The van der Waals surface area contributed by atoms with E-state index in [2.05, 4.69) is 22.4 Å². The van der Waals surface area contributed by atoms with Crippen LogP contribution >= 0.6 is 0 Å². The van der Waals surface area contributed by atoms with E-state index in [9.17, 15) is 4.79 Å². The zero-order valence-electron chi connectivity index (χ0n) is 9.86. The number of hydrogen-bond acceptors (Lipinski definition) is 1. The fourth-order valence-corrected chi connectivity index (χ4v) is 1.71. The molecule has 1 aromatic carbocycles. The standard InChI is InChI=1S/C14H16N2O/c1-11-9-13(10-16-11)14(17)15-8-7-12-5-3-2-4-6-12/h2-6,9-10,16H,7-8H2,1H3,(H,15,17). The van der Waals surface area contributed by atoms with Crippen LogP contribution in [0.2, 0.25) is 0 Å². The highest BCUT2D eigenvalue weighted by Gasteiger charge is 2.05. The van der Waals surface area contributed by atoms with Gasteiger partial charge in [-0.2, -0.15) is 0 Å². The molecule has 2 N–H and O–H groups in total. The maximum Gasteiger partial charge on any atom is 0.252 e. The van der Waals surface area contributed by atoms with Gasteiger partial charge in [0.25, 0.3) is 5.91 Å². The van der Waals surface area contributed by atoms with Crippen molar-refractivity contribution in [2.45, 2.75) is 13.3 Å². The maximum atomic E-state index is 11.7. The van der Waals surface area contributed by atoms with E-state index in [4.69, 9.17) is 0 Å². The summed E-state index contributed by atoms with van der Waals surface area (Å²) in [6.07, 6.45) is 2.59. The number of amides is 1. The van der Waals surface area contributed by atoms with Crippen molar-refractivity contribution < 1.29 is 4.79 Å². The van der Waals surface area contributed by atoms with Gasteiger partial charge in [-0.1, -0.05) is 30.3 Å². The third-order valence-electron chi connectivity index (χ3n) is 2.63. The lowest BCUT2D eigenvalue weighted by Crippen LogP contribution is -2.25. The Kier molecular flexibility index (Phi) is 3.60. The van der Waals surface area contributed by atoms with Gasteiger partial charge in [0.2, 0.25) is 0 Å². The Labute approximate surface area is 101 Å². The number of H-pyrrole nitrogens is 1. The zero-order chi connectivity index (χ0) is 12.1. The lowest BCUT2D eigenvalue weighted by Gasteiger charge is -2.03. The van der Waals surface area contributed by atoms with Crippen LogP contribution in [0.25, 0.3) is 0 Å². The summed E-state index contributed by atoms with van der Waals surface area (Å²) in [7, 11) is 0. The predicted molar refractivity (Wildman–Crippen MR) is 68.0 cm³/mol. The molecular weight excluding hydrogens is 212 g/mol. The van der Waals surface area contributed by atoms with Crippen molar-refractivity contribution in [1.29, 1.82) is 0 Å². The highest BCUT2D eigenvalue weighted by atomic mass is 16.1. The van der Waals surface area contributed by atoms with Crippen LogP contribution in [0, 0.1) is 6.92 Å². The van der Waals surface area contributed by atoms with Crippen LogP contribution in [-0.4, -0.2) is 17.4 Å². The molecule has 1 aromatic heterocycles. The summed E-state index contributed by atoms with van der Waals surface area (Å²) >= 11 is 0. The van der Waals surface area contributed by atoms with Crippen molar-refractivity contribution in [2.24, 2.45) is 0 Å². The molecule has 3 nitrogen and oxygen atoms in total. The molecule has 0 aliphatic heterocycles. The zero-order valence-corrected chi connectivity index (χ0v) is 9.86. The molecule has 0 saturated heterocycles. The molecule has 0 saturated carbocycles. The van der Waals surface area contributed by atoms with E-state index in [0.29, 0.717) is 12.1 Å². The third kappa shape index (κ3) is 3.21. The number of benzene rings is 1. The van der Waals surface area contributed by atoms with Crippen LogP contribution in [0.15, 0.2) is 42.6 Å². The minimum absolute atomic E-state index is 0.0229. The number of aryl methyl sites for hydroxylation is 1. The smallest absolute Gasteiger partial charge is 0.252 e. The van der Waals surface area contributed by atoms with Gasteiger partial charge in [0.05, 0.1) is 5.56 Å². The van der Waals surface area contributed by atoms with E-state index in [1.54, 1.807) is 6.20 Å². The SMILES string of the molecule is Cc1cc(C(=O)NCCc2ccccc2)c[nH]1. The van der Waals surface area contributed by atoms with E-state index in [0.717, 1.165) is 12.1 Å². The Hall–Kier alpha value is -2.03. The molecule has 2 rings (SSSR count). The second kappa shape index (κ2) is 5.34. The molecule has 2 aromatic rings. The van der Waals surface area contributed by atoms with Gasteiger partial charge < -0.3 is 10.3 Å². The summed E-state index contributed by atoms with van der Waals surface area (Å²) in [5, 5.41) is 2.90. The van der Waals surface area contributed by atoms with E-state index in [1.165, 1.54) is 5.56 Å². The minimum atomic E-state index is -0.0229. The van der Waals surface area contributed by atoms with E-state index in [1.807, 2.05) is 31.2 Å². The van der Waals surface area contributed by atoms with Crippen molar-refractivity contribution in [2.75, 3.05) is 6.54 Å². The lowest BCUT2D eigenvalue weighted by atomic mass is 10.1. The quantitative estimate of drug-likeness (QED) is 0.828. The predicted octanol–water partition coefficient (Wildman–Crippen LogP) is 2.30. The molecule has 1 amide bonds. The van der Waals surface area contributed by atoms with E-state index in [-0.39, 0.29) is 5.91 Å². The van der Waals surface area contributed by atoms with Gasteiger partial charge in [-0.15, -0.1) is 0 Å². The topological polar surface area (TPSA) is 44.9 Å². The van der Waals surface area contributed by atoms with Gasteiger partial charge in [0, 0.05) is 18.4 Å². The number of aromatic amines is 1. The molecule has 0 fully saturated rings. The highest BCUT2D eigenvalue weighted by molar-refractivity contribution is 5.94. The Morgan fingerprint density at radius 1 is 1.29 bits per heavy atom. The van der Waals surface area contributed by atoms with Crippen LogP contribution < -0.4 is 5.32 Å². The van der Waals surface area contributed by atoms with E-state index >= 15 is 0 Å². The first-order valence-corrected chi connectivity index (χ1v) is 5.73. The number of carbonyl (C=O) groups is 1. The normalized spacial score (nSPS) is 10.2. The molecule has 1 heterocycles. The number of rotatable bonds is 4. The Balaban J connectivity index is 1.81. The third-order valence-corrected chi connectivity index (χ3v) is 2.63. The number of carbonyl (C=O) groups excluding carboxylic acids is 1. The highest BCUT2D eigenvalue weighted by Crippen LogP contribution is 2.02. The summed E-state index contributed by atoms with van der Waals surface area (Å²) in [6, 6.07) is 12.0. The second-order valence-electron chi connectivity index (χ2n) is 4.06. The first-order chi connectivity index (χ1) is 8.25. The summed E-state index contributed by atoms with van der Waals surface area (Å²) in [5.41, 5.74) is 2.92. The van der Waals surface area contributed by atoms with Crippen molar-refractivity contribution in [3.63, 3.8) is 0 Å². The molecule has 0 spiro atoms. The van der Waals surface area contributed by atoms with Crippen molar-refractivity contribution in [3.8, 4) is 0 Å². The van der Waals surface area contributed by atoms with Gasteiger partial charge in [-0.25, -0.2) is 0 Å². The Morgan fingerprint density at radius 3 is 2.71 bits per heavy atom. The van der Waals surface area contributed by atoms with Crippen LogP contribution in [0.5, 0.6) is 0 Å². The molecule has 17 heavy (non-hydrogen) atoms. The Morgan fingerprint density at radius 2 is 2.06 bits per heavy atom. The molecule has 0 bridgehead atoms. The largest absolute Gasteiger partial charge is 0.364 e. The molecular formula is C14H16N2O. The summed E-state index contributed by atoms with van der Waals surface area (Å²) in [6.45, 7) is 2.59. The molecule has 0 aliphatic carbocycles. The molecule has 0 atom stereocenters. The number of nitrogens with one attached hydrogen (secondary N) is 2. The van der Waals surface area contributed by atoms with Gasteiger partial charge >= 0.3 is 0 Å². The van der Waals surface area contributed by atoms with Crippen LogP contribution in [0.1, 0.15) is 21.6 Å². The van der Waals surface area contributed by atoms with Gasteiger partial charge in [-0.3, -0.25) is 4.79 Å². The molecule has 88 valence electrons. The fourth-order valence-electron chi connectivity index (χ4n) is 1.71. The average molecular weight is 228 g/mol. The summed E-state index contributed by atoms with van der Waals surface area (Å²) < 4.78 is 0. The molecule has 0 aliphatic rings. The monoisotopic (exact) mass is 228 g/mol. The van der Waals surface area contributed by atoms with Crippen LogP contribution in [0.3, 0.4) is 0 Å². The van der Waals surface area contributed by atoms with Gasteiger partial charge in [-0.05, 0) is 25.0 Å². The van der Waals surface area contributed by atoms with Crippen LogP contribution in [-0.2, 0) is 6.42 Å². The molecule has 0 unspecified atom stereocenters. The first kappa shape index (κ1) is 11.5. The van der Waals surface area contributed by atoms with E-state index < -0.39 is 0 Å². The fraction of sp³-hybridized carbons (Fsp3) is 0.214. The summed E-state index contributed by atoms with van der Waals surface area (Å²) in [5.74, 6) is -0.0229. The number of aromatic nitrogens is 1. The lowest BCUT2D eigenvalue weighted by molar-refractivity contribution is 0.0954. The van der Waals surface area contributed by atoms with Gasteiger partial charge in [0.1, 0.15) is 0 Å². The Bertz CT molecular complexity index is 488. The van der Waals surface area contributed by atoms with Crippen molar-refractivity contribution >= 4 is 5.91 Å². The van der Waals surface area contributed by atoms with Crippen LogP contribution in [0.4, 0.5) is 0 Å². The summed E-state index contributed by atoms with van der Waals surface area (Å²) in [4.78, 5) is 14.7. The maximum absolute atomic E-state index is 11.7.